The number of aryl methyl sites for hydroxylation is 1. The molecule has 1 saturated carbocycles. The smallest absolute Gasteiger partial charge is 0.191 e. The Morgan fingerprint density at radius 2 is 2.33 bits per heavy atom. The van der Waals surface area contributed by atoms with E-state index in [0.29, 0.717) is 6.54 Å². The number of guanidine groups is 1. The lowest BCUT2D eigenvalue weighted by atomic mass is 9.85. The Balaban J connectivity index is 1.84. The van der Waals surface area contributed by atoms with Gasteiger partial charge >= 0.3 is 0 Å². The average molecular weight is 249 g/mol. The molecule has 0 atom stereocenters. The monoisotopic (exact) mass is 249 g/mol. The molecule has 0 spiro atoms. The van der Waals surface area contributed by atoms with Crippen LogP contribution in [-0.4, -0.2) is 29.2 Å². The molecule has 3 N–H and O–H groups in total. The van der Waals surface area contributed by atoms with E-state index in [9.17, 15) is 0 Å². The lowest BCUT2D eigenvalue weighted by Crippen LogP contribution is -2.41. The van der Waals surface area contributed by atoms with Gasteiger partial charge < -0.3 is 10.6 Å². The standard InChI is InChI=1S/C13H23N5/c1-3-14-13(15-7-11-5-4-6-11)16-8-12-9-17-18-10(12)2/h9,11H,3-8H2,1-2H3,(H,17,18)(H2,14,15,16). The number of aliphatic imine (C=N–C) groups is 1. The lowest BCUT2D eigenvalue weighted by Gasteiger charge is -2.26. The van der Waals surface area contributed by atoms with Gasteiger partial charge in [0.2, 0.25) is 0 Å². The summed E-state index contributed by atoms with van der Waals surface area (Å²) in [6.45, 7) is 6.70. The molecule has 1 fully saturated rings. The second-order valence-corrected chi connectivity index (χ2v) is 4.89. The molecule has 1 aromatic heterocycles. The summed E-state index contributed by atoms with van der Waals surface area (Å²) in [6.07, 6.45) is 5.93. The Morgan fingerprint density at radius 1 is 1.50 bits per heavy atom. The number of nitrogens with one attached hydrogen (secondary N) is 3. The fourth-order valence-electron chi connectivity index (χ4n) is 1.98. The normalized spacial score (nSPS) is 16.4. The van der Waals surface area contributed by atoms with Gasteiger partial charge in [0.15, 0.2) is 5.96 Å². The van der Waals surface area contributed by atoms with Gasteiger partial charge in [-0.05, 0) is 32.6 Å². The van der Waals surface area contributed by atoms with Crippen molar-refractivity contribution in [3.8, 4) is 0 Å². The first-order valence-electron chi connectivity index (χ1n) is 6.80. The summed E-state index contributed by atoms with van der Waals surface area (Å²) >= 11 is 0. The molecule has 0 bridgehead atoms. The van der Waals surface area contributed by atoms with Crippen molar-refractivity contribution in [3.05, 3.63) is 17.5 Å². The van der Waals surface area contributed by atoms with Crippen LogP contribution in [0.5, 0.6) is 0 Å². The van der Waals surface area contributed by atoms with E-state index in [1.54, 1.807) is 0 Å². The molecule has 100 valence electrons. The zero-order valence-electron chi connectivity index (χ0n) is 11.3. The van der Waals surface area contributed by atoms with Crippen LogP contribution in [-0.2, 0) is 6.54 Å². The minimum absolute atomic E-state index is 0.669. The predicted octanol–water partition coefficient (Wildman–Crippen LogP) is 1.57. The third kappa shape index (κ3) is 3.48. The van der Waals surface area contributed by atoms with Crippen molar-refractivity contribution in [1.29, 1.82) is 0 Å². The highest BCUT2D eigenvalue weighted by Gasteiger charge is 2.17. The summed E-state index contributed by atoms with van der Waals surface area (Å²) in [5.41, 5.74) is 2.24. The molecule has 0 aromatic carbocycles. The summed E-state index contributed by atoms with van der Waals surface area (Å²) in [4.78, 5) is 4.58. The van der Waals surface area contributed by atoms with Crippen LogP contribution in [0.2, 0.25) is 0 Å². The Morgan fingerprint density at radius 3 is 2.89 bits per heavy atom. The van der Waals surface area contributed by atoms with Crippen molar-refractivity contribution in [2.45, 2.75) is 39.7 Å². The van der Waals surface area contributed by atoms with Gasteiger partial charge in [-0.2, -0.15) is 5.10 Å². The number of aromatic nitrogens is 2. The molecule has 1 aliphatic rings. The first-order chi connectivity index (χ1) is 8.79. The topological polar surface area (TPSA) is 65.1 Å². The van der Waals surface area contributed by atoms with Crippen LogP contribution in [0.25, 0.3) is 0 Å². The Bertz CT molecular complexity index is 392. The van der Waals surface area contributed by atoms with Gasteiger partial charge in [-0.15, -0.1) is 0 Å². The minimum Gasteiger partial charge on any atom is -0.357 e. The molecule has 18 heavy (non-hydrogen) atoms. The largest absolute Gasteiger partial charge is 0.357 e. The zero-order valence-corrected chi connectivity index (χ0v) is 11.3. The molecule has 1 aliphatic carbocycles. The molecule has 0 saturated heterocycles. The first kappa shape index (κ1) is 12.9. The van der Waals surface area contributed by atoms with Crippen molar-refractivity contribution in [3.63, 3.8) is 0 Å². The second kappa shape index (κ2) is 6.42. The average Bonchev–Trinajstić information content (AvgIpc) is 2.69. The molecular formula is C13H23N5. The third-order valence-corrected chi connectivity index (χ3v) is 3.47. The van der Waals surface area contributed by atoms with Crippen LogP contribution in [0.4, 0.5) is 0 Å². The molecule has 1 aromatic rings. The van der Waals surface area contributed by atoms with E-state index in [4.69, 9.17) is 0 Å². The van der Waals surface area contributed by atoms with Crippen molar-refractivity contribution < 1.29 is 0 Å². The number of aromatic amines is 1. The van der Waals surface area contributed by atoms with Crippen molar-refractivity contribution in [1.82, 2.24) is 20.8 Å². The maximum Gasteiger partial charge on any atom is 0.191 e. The predicted molar refractivity (Wildman–Crippen MR) is 73.5 cm³/mol. The Hall–Kier alpha value is -1.52. The highest BCUT2D eigenvalue weighted by molar-refractivity contribution is 5.79. The zero-order chi connectivity index (χ0) is 12.8. The highest BCUT2D eigenvalue weighted by atomic mass is 15.2. The maximum absolute atomic E-state index is 4.58. The first-order valence-corrected chi connectivity index (χ1v) is 6.80. The summed E-state index contributed by atoms with van der Waals surface area (Å²) in [5.74, 6) is 1.74. The molecule has 0 aliphatic heterocycles. The molecule has 1 heterocycles. The third-order valence-electron chi connectivity index (χ3n) is 3.47. The van der Waals surface area contributed by atoms with Crippen LogP contribution in [0.1, 0.15) is 37.4 Å². The number of hydrogen-bond acceptors (Lipinski definition) is 2. The number of rotatable bonds is 5. The minimum atomic E-state index is 0.669. The van der Waals surface area contributed by atoms with E-state index >= 15 is 0 Å². The van der Waals surface area contributed by atoms with Crippen LogP contribution in [0.15, 0.2) is 11.2 Å². The van der Waals surface area contributed by atoms with Crippen molar-refractivity contribution in [2.75, 3.05) is 13.1 Å². The van der Waals surface area contributed by atoms with Crippen LogP contribution in [0, 0.1) is 12.8 Å². The van der Waals surface area contributed by atoms with E-state index in [0.717, 1.165) is 36.2 Å². The Labute approximate surface area is 108 Å². The van der Waals surface area contributed by atoms with Gasteiger partial charge in [0.05, 0.1) is 12.7 Å². The van der Waals surface area contributed by atoms with Crippen molar-refractivity contribution >= 4 is 5.96 Å². The van der Waals surface area contributed by atoms with E-state index in [1.165, 1.54) is 19.3 Å². The molecule has 0 radical (unpaired) electrons. The number of nitrogens with zero attached hydrogens (tertiary/aromatic N) is 2. The molecule has 5 nitrogen and oxygen atoms in total. The SMILES string of the molecule is CCNC(=NCc1cn[nH]c1C)NCC1CCC1. The second-order valence-electron chi connectivity index (χ2n) is 4.89. The van der Waals surface area contributed by atoms with Gasteiger partial charge in [0.1, 0.15) is 0 Å². The van der Waals surface area contributed by atoms with Gasteiger partial charge in [-0.25, -0.2) is 4.99 Å². The molecule has 0 amide bonds. The van der Waals surface area contributed by atoms with Gasteiger partial charge in [0, 0.05) is 24.3 Å². The van der Waals surface area contributed by atoms with Gasteiger partial charge in [-0.1, -0.05) is 6.42 Å². The Kier molecular flexibility index (Phi) is 4.61. The van der Waals surface area contributed by atoms with Crippen LogP contribution < -0.4 is 10.6 Å². The van der Waals surface area contributed by atoms with E-state index in [1.807, 2.05) is 13.1 Å². The summed E-state index contributed by atoms with van der Waals surface area (Å²) in [5, 5.41) is 13.6. The quantitative estimate of drug-likeness (QED) is 0.548. The summed E-state index contributed by atoms with van der Waals surface area (Å²) in [7, 11) is 0. The van der Waals surface area contributed by atoms with Gasteiger partial charge in [0.25, 0.3) is 0 Å². The number of hydrogen-bond donors (Lipinski definition) is 3. The molecule has 5 heteroatoms. The van der Waals surface area contributed by atoms with Gasteiger partial charge in [-0.3, -0.25) is 5.10 Å². The van der Waals surface area contributed by atoms with E-state index in [2.05, 4.69) is 32.7 Å². The fraction of sp³-hybridized carbons (Fsp3) is 0.692. The van der Waals surface area contributed by atoms with Crippen LogP contribution >= 0.6 is 0 Å². The van der Waals surface area contributed by atoms with Crippen molar-refractivity contribution in [2.24, 2.45) is 10.9 Å². The van der Waals surface area contributed by atoms with E-state index in [-0.39, 0.29) is 0 Å². The highest BCUT2D eigenvalue weighted by Crippen LogP contribution is 2.25. The summed E-state index contributed by atoms with van der Waals surface area (Å²) in [6, 6.07) is 0. The molecule has 0 unspecified atom stereocenters. The fourth-order valence-corrected chi connectivity index (χ4v) is 1.98. The lowest BCUT2D eigenvalue weighted by molar-refractivity contribution is 0.314. The number of H-pyrrole nitrogens is 1. The molecule has 2 rings (SSSR count). The summed E-state index contributed by atoms with van der Waals surface area (Å²) < 4.78 is 0. The molecular weight excluding hydrogens is 226 g/mol. The maximum atomic E-state index is 4.58. The van der Waals surface area contributed by atoms with E-state index < -0.39 is 0 Å². The van der Waals surface area contributed by atoms with Crippen LogP contribution in [0.3, 0.4) is 0 Å².